The van der Waals surface area contributed by atoms with Crippen LogP contribution in [0.4, 0.5) is 0 Å². The molecule has 308 valence electrons. The first-order valence-corrected chi connectivity index (χ1v) is 22.1. The zero-order valence-corrected chi connectivity index (χ0v) is 33.6. The largest absolute Gasteiger partial charge is 0.469 e. The monoisotopic (exact) mass is 772 g/mol. The molecule has 1 rings (SSSR count). The number of rotatable bonds is 33. The molecule has 0 aromatic heterocycles. The van der Waals surface area contributed by atoms with E-state index in [4.69, 9.17) is 19.3 Å². The molecule has 12 heteroatoms. The first-order valence-electron chi connectivity index (χ1n) is 20.5. The normalized spacial score (nSPS) is 20.5. The third-order valence-electron chi connectivity index (χ3n) is 9.70. The third-order valence-corrected chi connectivity index (χ3v) is 10.2. The Balaban J connectivity index is 2.32. The molecule has 1 fully saturated rings. The second kappa shape index (κ2) is 31.4. The van der Waals surface area contributed by atoms with Crippen molar-refractivity contribution in [1.29, 1.82) is 0 Å². The molecule has 0 bridgehead atoms. The van der Waals surface area contributed by atoms with Gasteiger partial charge in [0.15, 0.2) is 6.10 Å². The molecule has 0 heterocycles. The van der Waals surface area contributed by atoms with Crippen molar-refractivity contribution in [2.75, 3.05) is 13.2 Å². The van der Waals surface area contributed by atoms with Gasteiger partial charge in [-0.25, -0.2) is 4.57 Å². The van der Waals surface area contributed by atoms with E-state index in [9.17, 15) is 29.5 Å². The van der Waals surface area contributed by atoms with Gasteiger partial charge in [-0.2, -0.15) is 0 Å². The van der Waals surface area contributed by atoms with Crippen LogP contribution in [0.25, 0.3) is 0 Å². The van der Waals surface area contributed by atoms with Crippen LogP contribution in [0.5, 0.6) is 0 Å². The summed E-state index contributed by atoms with van der Waals surface area (Å²) in [4.78, 5) is 43.0. The van der Waals surface area contributed by atoms with Gasteiger partial charge in [0, 0.05) is 25.2 Å². The zero-order valence-electron chi connectivity index (χ0n) is 32.7. The van der Waals surface area contributed by atoms with Gasteiger partial charge >= 0.3 is 19.8 Å². The Labute approximate surface area is 319 Å². The van der Waals surface area contributed by atoms with E-state index in [1.54, 1.807) is 6.08 Å². The van der Waals surface area contributed by atoms with Crippen molar-refractivity contribution in [2.45, 2.75) is 186 Å². The van der Waals surface area contributed by atoms with Gasteiger partial charge in [0.05, 0.1) is 24.9 Å². The average molecular weight is 773 g/mol. The van der Waals surface area contributed by atoms with Gasteiger partial charge in [0.25, 0.3) is 0 Å². The fourth-order valence-corrected chi connectivity index (χ4v) is 6.90. The predicted molar refractivity (Wildman–Crippen MR) is 209 cm³/mol. The summed E-state index contributed by atoms with van der Waals surface area (Å²) in [7, 11) is -4.82. The number of hydrogen-bond acceptors (Lipinski definition) is 9. The van der Waals surface area contributed by atoms with E-state index in [0.29, 0.717) is 32.1 Å². The Morgan fingerprint density at radius 3 is 1.94 bits per heavy atom. The molecule has 0 saturated heterocycles. The van der Waals surface area contributed by atoms with Crippen LogP contribution in [-0.2, 0) is 28.2 Å². The van der Waals surface area contributed by atoms with Crippen LogP contribution < -0.4 is 0 Å². The van der Waals surface area contributed by atoms with Crippen LogP contribution in [0.15, 0.2) is 36.5 Å². The highest BCUT2D eigenvalue weighted by atomic mass is 31.2. The van der Waals surface area contributed by atoms with Crippen LogP contribution in [0.2, 0.25) is 0 Å². The predicted octanol–water partition coefficient (Wildman–Crippen LogP) is 8.56. The summed E-state index contributed by atoms with van der Waals surface area (Å²) in [5.74, 6) is -1.51. The van der Waals surface area contributed by atoms with Crippen molar-refractivity contribution in [2.24, 2.45) is 11.8 Å². The Bertz CT molecular complexity index is 1070. The lowest BCUT2D eigenvalue weighted by molar-refractivity contribution is -0.161. The molecule has 1 saturated carbocycles. The molecule has 0 spiro atoms. The summed E-state index contributed by atoms with van der Waals surface area (Å²) in [6, 6.07) is 0. The maximum atomic E-state index is 12.5. The number of hydrogen-bond donors (Lipinski definition) is 5. The molecule has 0 radical (unpaired) electrons. The topological polar surface area (TPSA) is 180 Å². The SMILES string of the molecule is CCCCCCCC/C=C\CCCCCCCC(=O)OC[C@H](COP(=O)(O)O)OC(=O)CCC/C=C/C[C@@H]1[C@@H](/C=C/[C@@H](O)CCCCC)[C@H](O)C[C@@H]1O. The molecule has 5 N–H and O–H groups in total. The minimum Gasteiger partial charge on any atom is -0.462 e. The van der Waals surface area contributed by atoms with Crippen molar-refractivity contribution in [3.63, 3.8) is 0 Å². The van der Waals surface area contributed by atoms with Crippen LogP contribution in [-0.4, -0.2) is 74.7 Å². The number of phosphoric acid groups is 1. The molecule has 53 heavy (non-hydrogen) atoms. The lowest BCUT2D eigenvalue weighted by Gasteiger charge is -2.19. The van der Waals surface area contributed by atoms with Crippen LogP contribution >= 0.6 is 7.82 Å². The molecule has 0 unspecified atom stereocenters. The van der Waals surface area contributed by atoms with Crippen molar-refractivity contribution in [1.82, 2.24) is 0 Å². The molecule has 0 aromatic carbocycles. The minimum atomic E-state index is -4.82. The van der Waals surface area contributed by atoms with Crippen molar-refractivity contribution >= 4 is 19.8 Å². The molecule has 1 aliphatic rings. The number of aliphatic hydroxyl groups excluding tert-OH is 3. The standard InChI is InChI=1S/C41H73O11P/c1-3-5-7-8-9-10-11-12-13-14-15-16-17-18-23-27-40(45)50-32-35(33-51-53(47,48)49)52-41(46)28-24-20-19-22-26-36-37(39(44)31-38(36)43)30-29-34(42)25-21-6-4-2/h12-13,19,22,29-30,34-39,42-44H,3-11,14-18,20-21,23-28,31-33H2,1-2H3,(H2,47,48,49)/b13-12-,22-19+,30-29+/t34-,35+,36+,37+,38-,39+/m0/s1. The lowest BCUT2D eigenvalue weighted by Crippen LogP contribution is -2.29. The molecule has 1 aliphatic carbocycles. The van der Waals surface area contributed by atoms with Gasteiger partial charge in [0.2, 0.25) is 0 Å². The minimum absolute atomic E-state index is 0.0334. The summed E-state index contributed by atoms with van der Waals surface area (Å²) in [6.07, 6.45) is 29.6. The second-order valence-corrected chi connectivity index (χ2v) is 15.8. The molecule has 0 aromatic rings. The Morgan fingerprint density at radius 1 is 0.717 bits per heavy atom. The number of ether oxygens (including phenoxy) is 2. The van der Waals surface area contributed by atoms with E-state index in [-0.39, 0.29) is 37.7 Å². The molecule has 0 amide bonds. The highest BCUT2D eigenvalue weighted by Crippen LogP contribution is 2.37. The lowest BCUT2D eigenvalue weighted by atomic mass is 9.89. The second-order valence-electron chi connectivity index (χ2n) is 14.6. The average Bonchev–Trinajstić information content (AvgIpc) is 3.38. The van der Waals surface area contributed by atoms with Gasteiger partial charge in [0.1, 0.15) is 6.61 Å². The highest BCUT2D eigenvalue weighted by molar-refractivity contribution is 7.46. The van der Waals surface area contributed by atoms with E-state index >= 15 is 0 Å². The number of phosphoric ester groups is 1. The maximum absolute atomic E-state index is 12.5. The summed E-state index contributed by atoms with van der Waals surface area (Å²) < 4.78 is 26.3. The van der Waals surface area contributed by atoms with Gasteiger partial charge in [-0.3, -0.25) is 14.1 Å². The Morgan fingerprint density at radius 2 is 1.28 bits per heavy atom. The van der Waals surface area contributed by atoms with E-state index in [1.807, 2.05) is 18.2 Å². The number of unbranched alkanes of at least 4 members (excludes halogenated alkanes) is 14. The number of esters is 2. The van der Waals surface area contributed by atoms with Crippen LogP contribution in [0, 0.1) is 11.8 Å². The maximum Gasteiger partial charge on any atom is 0.469 e. The van der Waals surface area contributed by atoms with E-state index < -0.39 is 50.8 Å². The summed E-state index contributed by atoms with van der Waals surface area (Å²) in [6.45, 7) is 3.36. The third kappa shape index (κ3) is 27.4. The first kappa shape index (κ1) is 49.2. The van der Waals surface area contributed by atoms with Crippen LogP contribution in [0.1, 0.15) is 162 Å². The number of carbonyl (C=O) groups excluding carboxylic acids is 2. The number of allylic oxidation sites excluding steroid dienone is 4. The molecular weight excluding hydrogens is 699 g/mol. The summed E-state index contributed by atoms with van der Waals surface area (Å²) in [5.41, 5.74) is 0. The van der Waals surface area contributed by atoms with Crippen molar-refractivity contribution in [3.8, 4) is 0 Å². The van der Waals surface area contributed by atoms with Gasteiger partial charge in [-0.05, 0) is 63.7 Å². The smallest absolute Gasteiger partial charge is 0.462 e. The zero-order chi connectivity index (χ0) is 39.2. The van der Waals surface area contributed by atoms with Crippen molar-refractivity contribution < 1.29 is 53.3 Å². The molecular formula is C41H73O11P. The Hall–Kier alpha value is -1.85. The summed E-state index contributed by atoms with van der Waals surface area (Å²) in [5, 5.41) is 31.2. The van der Waals surface area contributed by atoms with Crippen LogP contribution in [0.3, 0.4) is 0 Å². The van der Waals surface area contributed by atoms with Gasteiger partial charge in [-0.1, -0.05) is 121 Å². The van der Waals surface area contributed by atoms with E-state index in [0.717, 1.165) is 57.8 Å². The van der Waals surface area contributed by atoms with E-state index in [1.165, 1.54) is 38.5 Å². The van der Waals surface area contributed by atoms with Gasteiger partial charge in [-0.15, -0.1) is 0 Å². The Kier molecular flexibility index (Phi) is 29.1. The number of carbonyl (C=O) groups is 2. The quantitative estimate of drug-likeness (QED) is 0.0187. The van der Waals surface area contributed by atoms with E-state index in [2.05, 4.69) is 30.5 Å². The fourth-order valence-electron chi connectivity index (χ4n) is 6.54. The molecule has 0 aliphatic heterocycles. The fraction of sp³-hybridized carbons (Fsp3) is 0.805. The van der Waals surface area contributed by atoms with Crippen molar-refractivity contribution in [3.05, 3.63) is 36.5 Å². The molecule has 11 nitrogen and oxygen atoms in total. The number of aliphatic hydroxyl groups is 3. The highest BCUT2D eigenvalue weighted by Gasteiger charge is 2.39. The van der Waals surface area contributed by atoms with Gasteiger partial charge < -0.3 is 34.6 Å². The summed E-state index contributed by atoms with van der Waals surface area (Å²) >= 11 is 0. The molecule has 6 atom stereocenters. The first-order chi connectivity index (χ1) is 25.5.